The van der Waals surface area contributed by atoms with E-state index in [4.69, 9.17) is 4.74 Å². The van der Waals surface area contributed by atoms with E-state index in [9.17, 15) is 14.4 Å². The van der Waals surface area contributed by atoms with Gasteiger partial charge in [0.05, 0.1) is 6.54 Å². The van der Waals surface area contributed by atoms with Crippen molar-refractivity contribution in [2.24, 2.45) is 5.92 Å². The van der Waals surface area contributed by atoms with Gasteiger partial charge in [0.15, 0.2) is 0 Å². The molecule has 1 unspecified atom stereocenters. The highest BCUT2D eigenvalue weighted by atomic mass is 32.1. The Morgan fingerprint density at radius 1 is 1.33 bits per heavy atom. The van der Waals surface area contributed by atoms with Gasteiger partial charge in [-0.15, -0.1) is 11.3 Å². The highest BCUT2D eigenvalue weighted by Crippen LogP contribution is 2.22. The van der Waals surface area contributed by atoms with Crippen molar-refractivity contribution in [1.82, 2.24) is 4.90 Å². The second kappa shape index (κ2) is 9.37. The van der Waals surface area contributed by atoms with E-state index in [1.165, 1.54) is 22.3 Å². The second-order valence-corrected chi connectivity index (χ2v) is 6.85. The predicted octanol–water partition coefficient (Wildman–Crippen LogP) is 3.30. The molecule has 2 rings (SSSR count). The fourth-order valence-electron chi connectivity index (χ4n) is 2.73. The molecule has 130 valence electrons. The summed E-state index contributed by atoms with van der Waals surface area (Å²) in [5.74, 6) is -2.13. The lowest BCUT2D eigenvalue weighted by Gasteiger charge is -2.26. The Labute approximate surface area is 146 Å². The molecule has 1 fully saturated rings. The zero-order valence-electron chi connectivity index (χ0n) is 13.7. The highest BCUT2D eigenvalue weighted by Gasteiger charge is 2.35. The maximum Gasteiger partial charge on any atom is 0.318 e. The van der Waals surface area contributed by atoms with Gasteiger partial charge in [0, 0.05) is 11.3 Å². The first-order valence-corrected chi connectivity index (χ1v) is 9.15. The fraction of sp³-hybridized carbons (Fsp3) is 0.500. The van der Waals surface area contributed by atoms with Crippen LogP contribution in [0, 0.1) is 5.92 Å². The summed E-state index contributed by atoms with van der Waals surface area (Å²) in [6, 6.07) is 3.77. The van der Waals surface area contributed by atoms with Crippen LogP contribution in [-0.2, 0) is 25.7 Å². The number of amides is 2. The fourth-order valence-corrected chi connectivity index (χ4v) is 3.43. The second-order valence-electron chi connectivity index (χ2n) is 5.82. The standard InChI is InChI=1S/C18H23NO4S/c1-2-11-23-18(22)15-9-5-3-4-6-10-16(20)19(17(15)21)13-14-8-7-12-24-14/h2,7-8,12,15H,1,3-6,9-11,13H2. The lowest BCUT2D eigenvalue weighted by Crippen LogP contribution is -2.43. The van der Waals surface area contributed by atoms with E-state index in [1.807, 2.05) is 17.5 Å². The van der Waals surface area contributed by atoms with Crippen LogP contribution in [0.25, 0.3) is 0 Å². The van der Waals surface area contributed by atoms with Gasteiger partial charge < -0.3 is 4.74 Å². The summed E-state index contributed by atoms with van der Waals surface area (Å²) >= 11 is 1.49. The van der Waals surface area contributed by atoms with Crippen molar-refractivity contribution in [3.63, 3.8) is 0 Å². The summed E-state index contributed by atoms with van der Waals surface area (Å²) in [6.45, 7) is 3.80. The van der Waals surface area contributed by atoms with Crippen LogP contribution in [0.2, 0.25) is 0 Å². The Morgan fingerprint density at radius 3 is 2.83 bits per heavy atom. The number of carbonyl (C=O) groups is 3. The predicted molar refractivity (Wildman–Crippen MR) is 92.2 cm³/mol. The third-order valence-electron chi connectivity index (χ3n) is 4.02. The molecule has 0 aliphatic carbocycles. The molecule has 1 aliphatic rings. The van der Waals surface area contributed by atoms with Gasteiger partial charge in [-0.25, -0.2) is 0 Å². The van der Waals surface area contributed by atoms with Gasteiger partial charge in [0.2, 0.25) is 11.8 Å². The van der Waals surface area contributed by atoms with Crippen LogP contribution in [0.4, 0.5) is 0 Å². The highest BCUT2D eigenvalue weighted by molar-refractivity contribution is 7.09. The van der Waals surface area contributed by atoms with E-state index < -0.39 is 17.8 Å². The zero-order valence-corrected chi connectivity index (χ0v) is 14.6. The molecule has 6 heteroatoms. The molecule has 2 amide bonds. The lowest BCUT2D eigenvalue weighted by atomic mass is 9.97. The first kappa shape index (κ1) is 18.4. The molecule has 0 spiro atoms. The van der Waals surface area contributed by atoms with E-state index in [0.29, 0.717) is 12.8 Å². The van der Waals surface area contributed by atoms with E-state index in [2.05, 4.69) is 6.58 Å². The zero-order chi connectivity index (χ0) is 17.4. The molecule has 0 bridgehead atoms. The molecule has 0 aromatic carbocycles. The van der Waals surface area contributed by atoms with Crippen molar-refractivity contribution in [1.29, 1.82) is 0 Å². The van der Waals surface area contributed by atoms with E-state index in [0.717, 1.165) is 30.6 Å². The minimum atomic E-state index is -0.910. The normalized spacial score (nSPS) is 19.8. The third-order valence-corrected chi connectivity index (χ3v) is 4.88. The van der Waals surface area contributed by atoms with Crippen LogP contribution >= 0.6 is 11.3 Å². The summed E-state index contributed by atoms with van der Waals surface area (Å²) in [7, 11) is 0. The Kier molecular flexibility index (Phi) is 7.18. The monoisotopic (exact) mass is 349 g/mol. The minimum absolute atomic E-state index is 0.0709. The number of carbonyl (C=O) groups excluding carboxylic acids is 3. The minimum Gasteiger partial charge on any atom is -0.461 e. The van der Waals surface area contributed by atoms with Crippen LogP contribution in [0.3, 0.4) is 0 Å². The largest absolute Gasteiger partial charge is 0.461 e. The van der Waals surface area contributed by atoms with Gasteiger partial charge >= 0.3 is 5.97 Å². The van der Waals surface area contributed by atoms with Crippen LogP contribution in [-0.4, -0.2) is 29.3 Å². The lowest BCUT2D eigenvalue weighted by molar-refractivity contribution is -0.158. The Morgan fingerprint density at radius 2 is 2.12 bits per heavy atom. The number of thiophene rings is 1. The van der Waals surface area contributed by atoms with Gasteiger partial charge in [0.1, 0.15) is 12.5 Å². The maximum absolute atomic E-state index is 12.9. The molecule has 0 N–H and O–H groups in total. The number of nitrogens with zero attached hydrogens (tertiary/aromatic N) is 1. The molecule has 1 aromatic rings. The Balaban J connectivity index is 2.20. The van der Waals surface area contributed by atoms with E-state index >= 15 is 0 Å². The van der Waals surface area contributed by atoms with Crippen molar-refractivity contribution in [2.45, 2.75) is 45.1 Å². The molecular formula is C18H23NO4S. The number of hydrogen-bond acceptors (Lipinski definition) is 5. The van der Waals surface area contributed by atoms with Crippen molar-refractivity contribution < 1.29 is 19.1 Å². The van der Waals surface area contributed by atoms with Crippen molar-refractivity contribution in [2.75, 3.05) is 6.61 Å². The van der Waals surface area contributed by atoms with Crippen molar-refractivity contribution in [3.05, 3.63) is 35.0 Å². The first-order chi connectivity index (χ1) is 11.6. The number of hydrogen-bond donors (Lipinski definition) is 0. The topological polar surface area (TPSA) is 63.7 Å². The smallest absolute Gasteiger partial charge is 0.318 e. The van der Waals surface area contributed by atoms with Gasteiger partial charge in [-0.3, -0.25) is 19.3 Å². The molecular weight excluding hydrogens is 326 g/mol. The number of esters is 1. The molecule has 5 nitrogen and oxygen atoms in total. The summed E-state index contributed by atoms with van der Waals surface area (Å²) in [6.07, 6.45) is 5.63. The Bertz CT molecular complexity index is 582. The van der Waals surface area contributed by atoms with Crippen LogP contribution in [0.1, 0.15) is 43.4 Å². The molecule has 1 aliphatic heterocycles. The molecule has 1 saturated heterocycles. The number of ether oxygens (including phenoxy) is 1. The van der Waals surface area contributed by atoms with Gasteiger partial charge in [0.25, 0.3) is 0 Å². The molecule has 24 heavy (non-hydrogen) atoms. The number of imide groups is 1. The molecule has 1 atom stereocenters. The quantitative estimate of drug-likeness (QED) is 0.354. The summed E-state index contributed by atoms with van der Waals surface area (Å²) in [4.78, 5) is 39.8. The van der Waals surface area contributed by atoms with Gasteiger partial charge in [-0.05, 0) is 24.3 Å². The number of rotatable bonds is 5. The molecule has 1 aromatic heterocycles. The summed E-state index contributed by atoms with van der Waals surface area (Å²) in [5, 5.41) is 1.90. The molecule has 0 saturated carbocycles. The average Bonchev–Trinajstić information content (AvgIpc) is 3.09. The van der Waals surface area contributed by atoms with Gasteiger partial charge in [-0.1, -0.05) is 38.0 Å². The van der Waals surface area contributed by atoms with Crippen molar-refractivity contribution in [3.8, 4) is 0 Å². The summed E-state index contributed by atoms with van der Waals surface area (Å²) in [5.41, 5.74) is 0. The van der Waals surface area contributed by atoms with E-state index in [1.54, 1.807) is 0 Å². The van der Waals surface area contributed by atoms with Crippen LogP contribution in [0.15, 0.2) is 30.2 Å². The SMILES string of the molecule is C=CCOC(=O)C1CCCCCCC(=O)N(Cc2cccs2)C1=O. The van der Waals surface area contributed by atoms with Gasteiger partial charge in [-0.2, -0.15) is 0 Å². The Hall–Kier alpha value is -1.95. The summed E-state index contributed by atoms with van der Waals surface area (Å²) < 4.78 is 5.08. The third kappa shape index (κ3) is 5.03. The van der Waals surface area contributed by atoms with Crippen LogP contribution in [0.5, 0.6) is 0 Å². The maximum atomic E-state index is 12.9. The average molecular weight is 349 g/mol. The van der Waals surface area contributed by atoms with Crippen molar-refractivity contribution >= 4 is 29.1 Å². The van der Waals surface area contributed by atoms with Crippen LogP contribution < -0.4 is 0 Å². The van der Waals surface area contributed by atoms with E-state index in [-0.39, 0.29) is 19.1 Å². The first-order valence-electron chi connectivity index (χ1n) is 8.27. The molecule has 2 heterocycles. The molecule has 0 radical (unpaired) electrons.